The van der Waals surface area contributed by atoms with Gasteiger partial charge in [-0.1, -0.05) is 36.4 Å². The van der Waals surface area contributed by atoms with E-state index in [0.717, 1.165) is 16.0 Å². The first-order valence-electron chi connectivity index (χ1n) is 8.61. The van der Waals surface area contributed by atoms with E-state index in [1.807, 2.05) is 36.6 Å². The number of thioether (sulfide) groups is 1. The maximum atomic E-state index is 13.4. The molecule has 1 unspecified atom stereocenters. The molecule has 0 aliphatic carbocycles. The van der Waals surface area contributed by atoms with Gasteiger partial charge in [0.15, 0.2) is 11.5 Å². The molecule has 3 aromatic carbocycles. The minimum atomic E-state index is -0.971. The molecular formula is C22H19FO3S. The fourth-order valence-corrected chi connectivity index (χ4v) is 3.70. The van der Waals surface area contributed by atoms with Crippen LogP contribution in [0.1, 0.15) is 22.8 Å². The molecule has 1 aliphatic heterocycles. The topological polar surface area (TPSA) is 38.7 Å². The van der Waals surface area contributed by atoms with Gasteiger partial charge in [-0.25, -0.2) is 4.39 Å². The fourth-order valence-electron chi connectivity index (χ4n) is 3.29. The molecule has 1 atom stereocenters. The molecule has 0 spiro atoms. The summed E-state index contributed by atoms with van der Waals surface area (Å²) < 4.78 is 24.5. The van der Waals surface area contributed by atoms with Gasteiger partial charge in [0.05, 0.1) is 0 Å². The second-order valence-corrected chi connectivity index (χ2v) is 7.14. The maximum absolute atomic E-state index is 13.4. The summed E-state index contributed by atoms with van der Waals surface area (Å²) in [6, 6.07) is 18.8. The van der Waals surface area contributed by atoms with E-state index in [1.54, 1.807) is 42.1 Å². The molecule has 1 N–H and O–H groups in total. The molecule has 138 valence electrons. The molecule has 3 aromatic rings. The summed E-state index contributed by atoms with van der Waals surface area (Å²) >= 11 is 1.67. The normalized spacial score (nSPS) is 13.6. The molecule has 27 heavy (non-hydrogen) atoms. The van der Waals surface area contributed by atoms with Gasteiger partial charge in [-0.2, -0.15) is 0 Å². The van der Waals surface area contributed by atoms with Gasteiger partial charge in [-0.15, -0.1) is 11.8 Å². The molecule has 1 heterocycles. The number of hydrogen-bond acceptors (Lipinski definition) is 4. The van der Waals surface area contributed by atoms with Gasteiger partial charge in [0.1, 0.15) is 12.8 Å². The number of rotatable bonds is 5. The number of benzene rings is 3. The van der Waals surface area contributed by atoms with Crippen molar-refractivity contribution in [3.05, 3.63) is 77.4 Å². The molecule has 3 nitrogen and oxygen atoms in total. The van der Waals surface area contributed by atoms with Crippen molar-refractivity contribution in [2.75, 3.05) is 13.0 Å². The lowest BCUT2D eigenvalue weighted by molar-refractivity contribution is 0.173. The Kier molecular flexibility index (Phi) is 5.05. The van der Waals surface area contributed by atoms with Crippen LogP contribution in [0.25, 0.3) is 11.1 Å². The summed E-state index contributed by atoms with van der Waals surface area (Å²) in [5, 5.41) is 11.1. The largest absolute Gasteiger partial charge is 0.454 e. The van der Waals surface area contributed by atoms with Gasteiger partial charge in [-0.05, 0) is 58.3 Å². The Labute approximate surface area is 161 Å². The third-order valence-corrected chi connectivity index (χ3v) is 5.48. The van der Waals surface area contributed by atoms with Crippen LogP contribution in [0.2, 0.25) is 0 Å². The quantitative estimate of drug-likeness (QED) is 0.603. The van der Waals surface area contributed by atoms with Gasteiger partial charge in [-0.3, -0.25) is 0 Å². The van der Waals surface area contributed by atoms with Crippen molar-refractivity contribution in [1.82, 2.24) is 0 Å². The highest BCUT2D eigenvalue weighted by Gasteiger charge is 2.24. The van der Waals surface area contributed by atoms with Crippen LogP contribution in [0.5, 0.6) is 11.5 Å². The summed E-state index contributed by atoms with van der Waals surface area (Å²) in [7, 11) is 0. The highest BCUT2D eigenvalue weighted by atomic mass is 32.2. The molecule has 0 fully saturated rings. The molecule has 1 aliphatic rings. The first kappa shape index (κ1) is 17.9. The van der Waals surface area contributed by atoms with Crippen LogP contribution in [0.3, 0.4) is 0 Å². The standard InChI is InChI=1S/C22H19FO3S/c1-27-16-8-6-14(7-9-16)18-10-20-21(26-13-25-20)11-19(18)22(24)17-5-3-2-4-15(17)12-23/h2-11,22,24H,12-13H2,1H3. The van der Waals surface area contributed by atoms with E-state index in [4.69, 9.17) is 9.47 Å². The number of aliphatic hydroxyl groups is 1. The van der Waals surface area contributed by atoms with Crippen LogP contribution in [0, 0.1) is 0 Å². The van der Waals surface area contributed by atoms with E-state index in [-0.39, 0.29) is 6.79 Å². The molecule has 0 saturated heterocycles. The van der Waals surface area contributed by atoms with Crippen molar-refractivity contribution in [2.45, 2.75) is 17.7 Å². The highest BCUT2D eigenvalue weighted by molar-refractivity contribution is 7.98. The predicted octanol–water partition coefficient (Wildman–Crippen LogP) is 5.36. The number of aliphatic hydroxyl groups excluding tert-OH is 1. The van der Waals surface area contributed by atoms with Crippen LogP contribution in [-0.4, -0.2) is 18.2 Å². The van der Waals surface area contributed by atoms with Crippen LogP contribution >= 0.6 is 11.8 Å². The number of halogens is 1. The monoisotopic (exact) mass is 382 g/mol. The summed E-state index contributed by atoms with van der Waals surface area (Å²) in [6.45, 7) is -0.476. The SMILES string of the molecule is CSc1ccc(-c2cc3c(cc2C(O)c2ccccc2CF)OCO3)cc1. The molecule has 0 radical (unpaired) electrons. The van der Waals surface area contributed by atoms with E-state index in [0.29, 0.717) is 28.2 Å². The second-order valence-electron chi connectivity index (χ2n) is 6.26. The zero-order valence-corrected chi connectivity index (χ0v) is 15.6. The second kappa shape index (κ2) is 7.62. The number of ether oxygens (including phenoxy) is 2. The lowest BCUT2D eigenvalue weighted by atomic mass is 9.90. The Balaban J connectivity index is 1.85. The van der Waals surface area contributed by atoms with Gasteiger partial charge in [0.25, 0.3) is 0 Å². The highest BCUT2D eigenvalue weighted by Crippen LogP contribution is 2.43. The lowest BCUT2D eigenvalue weighted by Gasteiger charge is -2.19. The van der Waals surface area contributed by atoms with Gasteiger partial charge in [0.2, 0.25) is 6.79 Å². The van der Waals surface area contributed by atoms with E-state index in [2.05, 4.69) is 0 Å². The molecule has 0 aromatic heterocycles. The van der Waals surface area contributed by atoms with Crippen LogP contribution in [0.15, 0.2) is 65.6 Å². The zero-order chi connectivity index (χ0) is 18.8. The molecule has 0 bridgehead atoms. The van der Waals surface area contributed by atoms with Crippen molar-refractivity contribution in [1.29, 1.82) is 0 Å². The summed E-state index contributed by atoms with van der Waals surface area (Å²) in [6.07, 6.45) is 1.06. The smallest absolute Gasteiger partial charge is 0.231 e. The van der Waals surface area contributed by atoms with Crippen LogP contribution in [0.4, 0.5) is 4.39 Å². The molecule has 0 amide bonds. The minimum Gasteiger partial charge on any atom is -0.454 e. The number of fused-ring (bicyclic) bond motifs is 1. The van der Waals surface area contributed by atoms with Gasteiger partial charge in [0, 0.05) is 4.90 Å². The Bertz CT molecular complexity index is 956. The van der Waals surface area contributed by atoms with E-state index in [1.165, 1.54) is 0 Å². The average molecular weight is 382 g/mol. The van der Waals surface area contributed by atoms with Crippen molar-refractivity contribution < 1.29 is 19.0 Å². The van der Waals surface area contributed by atoms with Gasteiger partial charge < -0.3 is 14.6 Å². The Morgan fingerprint density at radius 2 is 1.70 bits per heavy atom. The first-order chi connectivity index (χ1) is 13.2. The van der Waals surface area contributed by atoms with Crippen molar-refractivity contribution >= 4 is 11.8 Å². The average Bonchev–Trinajstić information content (AvgIpc) is 3.20. The van der Waals surface area contributed by atoms with Crippen LogP contribution in [-0.2, 0) is 6.67 Å². The molecule has 5 heteroatoms. The van der Waals surface area contributed by atoms with Crippen molar-refractivity contribution in [3.8, 4) is 22.6 Å². The van der Waals surface area contributed by atoms with Crippen LogP contribution < -0.4 is 9.47 Å². The Hall–Kier alpha value is -2.50. The third-order valence-electron chi connectivity index (χ3n) is 4.73. The molecule has 4 rings (SSSR count). The maximum Gasteiger partial charge on any atom is 0.231 e. The lowest BCUT2D eigenvalue weighted by Crippen LogP contribution is -2.05. The fraction of sp³-hybridized carbons (Fsp3) is 0.182. The summed E-state index contributed by atoms with van der Waals surface area (Å²) in [5.41, 5.74) is 3.50. The molecule has 0 saturated carbocycles. The summed E-state index contributed by atoms with van der Waals surface area (Å²) in [5.74, 6) is 1.24. The minimum absolute atomic E-state index is 0.154. The van der Waals surface area contributed by atoms with Crippen molar-refractivity contribution in [2.24, 2.45) is 0 Å². The van der Waals surface area contributed by atoms with E-state index in [9.17, 15) is 9.50 Å². The number of hydrogen-bond donors (Lipinski definition) is 1. The van der Waals surface area contributed by atoms with Gasteiger partial charge >= 0.3 is 0 Å². The van der Waals surface area contributed by atoms with Crippen molar-refractivity contribution in [3.63, 3.8) is 0 Å². The van der Waals surface area contributed by atoms with E-state index >= 15 is 0 Å². The Morgan fingerprint density at radius 1 is 1.00 bits per heavy atom. The molecular weight excluding hydrogens is 363 g/mol. The number of alkyl halides is 1. The predicted molar refractivity (Wildman–Crippen MR) is 105 cm³/mol. The first-order valence-corrected chi connectivity index (χ1v) is 9.83. The zero-order valence-electron chi connectivity index (χ0n) is 14.8. The third kappa shape index (κ3) is 3.40. The Morgan fingerprint density at radius 3 is 2.41 bits per heavy atom. The van der Waals surface area contributed by atoms with E-state index < -0.39 is 12.8 Å². The summed E-state index contributed by atoms with van der Waals surface area (Å²) in [4.78, 5) is 1.16.